The fourth-order valence-corrected chi connectivity index (χ4v) is 2.70. The van der Waals surface area contributed by atoms with Crippen LogP contribution in [0.15, 0.2) is 29.2 Å². The van der Waals surface area contributed by atoms with Crippen LogP contribution in [0.4, 0.5) is 0 Å². The lowest BCUT2D eigenvalue weighted by Crippen LogP contribution is -2.24. The first-order chi connectivity index (χ1) is 8.05. The van der Waals surface area contributed by atoms with Crippen molar-refractivity contribution in [2.75, 3.05) is 20.5 Å². The number of hydrogen-bond donors (Lipinski definition) is 1. The standard InChI is InChI=1S/C12H19NO3S/c1-15-17(3,16-2)12-6-4-5-10(8-12)7-11(13)9-14/h4-6,8-9,11H,7,13H2,1-3H3. The Kier molecular flexibility index (Phi) is 5.14. The number of rotatable bonds is 6. The van der Waals surface area contributed by atoms with Crippen LogP contribution in [0.1, 0.15) is 5.56 Å². The largest absolute Gasteiger partial charge is 0.321 e. The highest BCUT2D eigenvalue weighted by atomic mass is 32.3. The third-order valence-corrected chi connectivity index (χ3v) is 4.99. The van der Waals surface area contributed by atoms with E-state index in [-0.39, 0.29) is 0 Å². The lowest BCUT2D eigenvalue weighted by atomic mass is 10.1. The Labute approximate surface area is 104 Å². The van der Waals surface area contributed by atoms with Crippen LogP contribution in [0.2, 0.25) is 0 Å². The Morgan fingerprint density at radius 2 is 2.06 bits per heavy atom. The molecule has 1 aromatic carbocycles. The molecule has 0 heterocycles. The van der Waals surface area contributed by atoms with Crippen LogP contribution in [-0.2, 0) is 19.6 Å². The maximum atomic E-state index is 10.5. The molecule has 0 spiro atoms. The van der Waals surface area contributed by atoms with E-state index in [1.54, 1.807) is 14.2 Å². The van der Waals surface area contributed by atoms with E-state index in [1.165, 1.54) is 0 Å². The van der Waals surface area contributed by atoms with E-state index in [0.717, 1.165) is 16.7 Å². The van der Waals surface area contributed by atoms with Crippen molar-refractivity contribution in [3.63, 3.8) is 0 Å². The second-order valence-corrected chi connectivity index (χ2v) is 6.44. The molecule has 96 valence electrons. The molecule has 1 rings (SSSR count). The summed E-state index contributed by atoms with van der Waals surface area (Å²) in [5.74, 6) is 0. The molecule has 0 bridgehead atoms. The quantitative estimate of drug-likeness (QED) is 0.787. The molecule has 0 saturated heterocycles. The van der Waals surface area contributed by atoms with Gasteiger partial charge in [-0.3, -0.25) is 8.37 Å². The maximum absolute atomic E-state index is 10.5. The van der Waals surface area contributed by atoms with Crippen molar-refractivity contribution in [1.29, 1.82) is 0 Å². The van der Waals surface area contributed by atoms with Crippen LogP contribution >= 0.6 is 10.6 Å². The number of benzene rings is 1. The lowest BCUT2D eigenvalue weighted by molar-refractivity contribution is -0.108. The van der Waals surface area contributed by atoms with Crippen molar-refractivity contribution in [3.05, 3.63) is 29.8 Å². The highest BCUT2D eigenvalue weighted by molar-refractivity contribution is 8.25. The summed E-state index contributed by atoms with van der Waals surface area (Å²) in [5, 5.41) is 0. The minimum Gasteiger partial charge on any atom is -0.321 e. The zero-order valence-electron chi connectivity index (χ0n) is 10.4. The molecule has 4 nitrogen and oxygen atoms in total. The average Bonchev–Trinajstić information content (AvgIpc) is 2.38. The van der Waals surface area contributed by atoms with Crippen LogP contribution in [0.25, 0.3) is 0 Å². The molecule has 0 saturated carbocycles. The molecule has 1 aromatic rings. The van der Waals surface area contributed by atoms with Crippen molar-refractivity contribution in [2.24, 2.45) is 5.73 Å². The molecule has 0 amide bonds. The Balaban J connectivity index is 2.96. The molecule has 2 N–H and O–H groups in total. The predicted molar refractivity (Wildman–Crippen MR) is 70.0 cm³/mol. The minimum atomic E-state index is -1.69. The van der Waals surface area contributed by atoms with Gasteiger partial charge < -0.3 is 10.5 Å². The van der Waals surface area contributed by atoms with E-state index >= 15 is 0 Å². The van der Waals surface area contributed by atoms with Crippen LogP contribution < -0.4 is 5.73 Å². The third-order valence-electron chi connectivity index (χ3n) is 2.61. The molecule has 5 heteroatoms. The van der Waals surface area contributed by atoms with Gasteiger partial charge in [-0.15, -0.1) is 0 Å². The number of hydrogen-bond acceptors (Lipinski definition) is 4. The summed E-state index contributed by atoms with van der Waals surface area (Å²) in [6, 6.07) is 7.34. The summed E-state index contributed by atoms with van der Waals surface area (Å²) in [6.07, 6.45) is 3.21. The van der Waals surface area contributed by atoms with Crippen molar-refractivity contribution in [1.82, 2.24) is 0 Å². The van der Waals surface area contributed by atoms with Gasteiger partial charge in [0.1, 0.15) is 6.29 Å². The van der Waals surface area contributed by atoms with Crippen LogP contribution in [0.3, 0.4) is 0 Å². The first kappa shape index (κ1) is 14.2. The van der Waals surface area contributed by atoms with Gasteiger partial charge in [0, 0.05) is 6.26 Å². The highest BCUT2D eigenvalue weighted by Crippen LogP contribution is 2.53. The third kappa shape index (κ3) is 3.54. The smallest absolute Gasteiger partial charge is 0.137 e. The van der Waals surface area contributed by atoms with Gasteiger partial charge in [-0.1, -0.05) is 12.1 Å². The number of carbonyl (C=O) groups is 1. The zero-order chi connectivity index (χ0) is 12.9. The topological polar surface area (TPSA) is 61.6 Å². The van der Waals surface area contributed by atoms with Crippen molar-refractivity contribution in [2.45, 2.75) is 17.4 Å². The van der Waals surface area contributed by atoms with Gasteiger partial charge in [0.2, 0.25) is 0 Å². The molecule has 0 radical (unpaired) electrons. The first-order valence-corrected chi connectivity index (χ1v) is 7.14. The fraction of sp³-hybridized carbons (Fsp3) is 0.417. The predicted octanol–water partition coefficient (Wildman–Crippen LogP) is 1.67. The molecule has 17 heavy (non-hydrogen) atoms. The van der Waals surface area contributed by atoms with E-state index in [4.69, 9.17) is 14.1 Å². The minimum absolute atomic E-state index is 0.461. The van der Waals surface area contributed by atoms with Gasteiger partial charge in [0.05, 0.1) is 25.2 Å². The van der Waals surface area contributed by atoms with Crippen molar-refractivity contribution in [3.8, 4) is 0 Å². The summed E-state index contributed by atoms with van der Waals surface area (Å²) in [7, 11) is 1.57. The van der Waals surface area contributed by atoms with Crippen molar-refractivity contribution < 1.29 is 13.2 Å². The maximum Gasteiger partial charge on any atom is 0.137 e. The fourth-order valence-electron chi connectivity index (χ4n) is 1.48. The number of nitrogens with two attached hydrogens (primary N) is 1. The molecule has 0 aliphatic carbocycles. The van der Waals surface area contributed by atoms with E-state index in [1.807, 2.05) is 30.5 Å². The second-order valence-electron chi connectivity index (χ2n) is 3.76. The molecular formula is C12H19NO3S. The summed E-state index contributed by atoms with van der Waals surface area (Å²) in [6.45, 7) is 0. The summed E-state index contributed by atoms with van der Waals surface area (Å²) < 4.78 is 10.8. The Bertz CT molecular complexity index is 380. The van der Waals surface area contributed by atoms with Crippen LogP contribution in [0, 0.1) is 0 Å². The van der Waals surface area contributed by atoms with Gasteiger partial charge in [0.25, 0.3) is 0 Å². The Morgan fingerprint density at radius 1 is 1.41 bits per heavy atom. The zero-order valence-corrected chi connectivity index (χ0v) is 11.2. The first-order valence-electron chi connectivity index (χ1n) is 5.25. The molecule has 1 atom stereocenters. The molecule has 0 aliphatic rings. The van der Waals surface area contributed by atoms with E-state index in [0.29, 0.717) is 6.42 Å². The van der Waals surface area contributed by atoms with E-state index in [9.17, 15) is 4.79 Å². The molecular weight excluding hydrogens is 238 g/mol. The van der Waals surface area contributed by atoms with Gasteiger partial charge in [-0.25, -0.2) is 0 Å². The normalized spacial score (nSPS) is 14.4. The summed E-state index contributed by atoms with van der Waals surface area (Å²) in [4.78, 5) is 11.5. The molecule has 0 aliphatic heterocycles. The van der Waals surface area contributed by atoms with Gasteiger partial charge in [0.15, 0.2) is 0 Å². The Morgan fingerprint density at radius 3 is 2.59 bits per heavy atom. The van der Waals surface area contributed by atoms with Gasteiger partial charge >= 0.3 is 0 Å². The number of aldehydes is 1. The second kappa shape index (κ2) is 6.16. The average molecular weight is 257 g/mol. The summed E-state index contributed by atoms with van der Waals surface area (Å²) in [5.41, 5.74) is 6.61. The molecule has 1 unspecified atom stereocenters. The van der Waals surface area contributed by atoms with Crippen LogP contribution in [0.5, 0.6) is 0 Å². The van der Waals surface area contributed by atoms with E-state index < -0.39 is 16.6 Å². The monoisotopic (exact) mass is 257 g/mol. The summed E-state index contributed by atoms with van der Waals surface area (Å²) >= 11 is 0. The lowest BCUT2D eigenvalue weighted by Gasteiger charge is -2.37. The van der Waals surface area contributed by atoms with Crippen molar-refractivity contribution >= 4 is 16.9 Å². The number of carbonyl (C=O) groups excluding carboxylic acids is 1. The van der Waals surface area contributed by atoms with Gasteiger partial charge in [-0.2, -0.15) is 10.6 Å². The SMILES string of the molecule is COS(C)(OC)c1cccc(CC(N)C=O)c1. The molecule has 0 aromatic heterocycles. The van der Waals surface area contributed by atoms with Gasteiger partial charge in [-0.05, 0) is 24.1 Å². The highest BCUT2D eigenvalue weighted by Gasteiger charge is 2.15. The van der Waals surface area contributed by atoms with E-state index in [2.05, 4.69) is 0 Å². The van der Waals surface area contributed by atoms with Crippen LogP contribution in [-0.4, -0.2) is 32.8 Å². The Hall–Kier alpha value is -0.880. The molecule has 0 fully saturated rings.